The van der Waals surface area contributed by atoms with Crippen molar-refractivity contribution in [1.82, 2.24) is 0 Å². The molecule has 9 heteroatoms. The van der Waals surface area contributed by atoms with Gasteiger partial charge in [0.1, 0.15) is 5.60 Å². The number of aliphatic hydroxyl groups is 1. The van der Waals surface area contributed by atoms with E-state index in [2.05, 4.69) is 0 Å². The summed E-state index contributed by atoms with van der Waals surface area (Å²) in [6.45, 7) is 6.88. The van der Waals surface area contributed by atoms with Crippen molar-refractivity contribution in [2.75, 3.05) is 28.1 Å². The summed E-state index contributed by atoms with van der Waals surface area (Å²) in [6.07, 6.45) is 0.827. The molecule has 36 heavy (non-hydrogen) atoms. The van der Waals surface area contributed by atoms with E-state index in [1.54, 1.807) is 32.9 Å². The predicted octanol–water partition coefficient (Wildman–Crippen LogP) is 4.31. The van der Waals surface area contributed by atoms with E-state index in [4.69, 9.17) is 28.4 Å². The van der Waals surface area contributed by atoms with Crippen LogP contribution in [0.1, 0.15) is 44.9 Å². The number of ether oxygens (including phenoxy) is 6. The van der Waals surface area contributed by atoms with Crippen molar-refractivity contribution in [3.05, 3.63) is 34.9 Å². The van der Waals surface area contributed by atoms with E-state index in [0.29, 0.717) is 40.4 Å². The molecule has 3 atom stereocenters. The molecule has 2 aromatic rings. The molecule has 0 unspecified atom stereocenters. The van der Waals surface area contributed by atoms with E-state index < -0.39 is 23.6 Å². The fourth-order valence-electron chi connectivity index (χ4n) is 4.77. The molecular weight excluding hydrogens is 468 g/mol. The second-order valence-electron chi connectivity index (χ2n) is 9.19. The van der Waals surface area contributed by atoms with Crippen LogP contribution in [-0.4, -0.2) is 49.9 Å². The Hall–Kier alpha value is -3.59. The van der Waals surface area contributed by atoms with Gasteiger partial charge >= 0.3 is 5.97 Å². The Morgan fingerprint density at radius 1 is 1.11 bits per heavy atom. The van der Waals surface area contributed by atoms with E-state index in [1.807, 2.05) is 13.0 Å². The first kappa shape index (κ1) is 25.5. The molecule has 2 aliphatic rings. The number of hydrogen-bond acceptors (Lipinski definition) is 9. The van der Waals surface area contributed by atoms with Crippen molar-refractivity contribution in [3.8, 4) is 45.6 Å². The lowest BCUT2D eigenvalue weighted by Crippen LogP contribution is -2.43. The van der Waals surface area contributed by atoms with Crippen molar-refractivity contribution in [1.29, 1.82) is 0 Å². The molecule has 1 aliphatic heterocycles. The van der Waals surface area contributed by atoms with Crippen molar-refractivity contribution in [2.45, 2.75) is 45.8 Å². The third kappa shape index (κ3) is 3.87. The van der Waals surface area contributed by atoms with Crippen LogP contribution in [0.3, 0.4) is 0 Å². The summed E-state index contributed by atoms with van der Waals surface area (Å²) in [5.41, 5.74) is 0.737. The molecule has 0 radical (unpaired) electrons. The largest absolute Gasteiger partial charge is 0.504 e. The second-order valence-corrected chi connectivity index (χ2v) is 9.19. The van der Waals surface area contributed by atoms with E-state index in [1.165, 1.54) is 21.3 Å². The summed E-state index contributed by atoms with van der Waals surface area (Å²) in [5, 5.41) is 23.4. The number of methoxy groups -OCH3 is 3. The molecule has 9 nitrogen and oxygen atoms in total. The van der Waals surface area contributed by atoms with Gasteiger partial charge in [0.15, 0.2) is 29.1 Å². The van der Waals surface area contributed by atoms with E-state index in [0.717, 1.165) is 5.56 Å². The van der Waals surface area contributed by atoms with E-state index >= 15 is 0 Å². The molecule has 0 amide bonds. The van der Waals surface area contributed by atoms with E-state index in [-0.39, 0.29) is 29.6 Å². The number of benzene rings is 2. The highest BCUT2D eigenvalue weighted by molar-refractivity contribution is 5.90. The van der Waals surface area contributed by atoms with Gasteiger partial charge in [-0.3, -0.25) is 0 Å². The van der Waals surface area contributed by atoms with Crippen LogP contribution >= 0.6 is 0 Å². The monoisotopic (exact) mass is 500 g/mol. The number of phenolic OH excluding ortho intramolecular Hbond substituents is 1. The Kier molecular flexibility index (Phi) is 6.70. The Bertz CT molecular complexity index is 1230. The number of carbonyl (C=O) groups excluding carboxylic acids is 1. The lowest BCUT2D eigenvalue weighted by molar-refractivity contribution is -0.166. The Morgan fingerprint density at radius 2 is 1.81 bits per heavy atom. The van der Waals surface area contributed by atoms with Gasteiger partial charge in [-0.1, -0.05) is 13.0 Å². The number of esters is 1. The summed E-state index contributed by atoms with van der Waals surface area (Å²) in [7, 11) is 4.35. The van der Waals surface area contributed by atoms with Crippen LogP contribution in [0, 0.1) is 5.92 Å². The van der Waals surface area contributed by atoms with Gasteiger partial charge in [-0.05, 0) is 50.8 Å². The summed E-state index contributed by atoms with van der Waals surface area (Å²) in [4.78, 5) is 12.9. The first-order valence-electron chi connectivity index (χ1n) is 11.6. The third-order valence-electron chi connectivity index (χ3n) is 7.15. The average Bonchev–Trinajstić information content (AvgIpc) is 3.33. The van der Waals surface area contributed by atoms with Crippen LogP contribution < -0.4 is 23.7 Å². The first-order valence-corrected chi connectivity index (χ1v) is 11.6. The molecule has 2 N–H and O–H groups in total. The fraction of sp³-hybridized carbons (Fsp3) is 0.444. The van der Waals surface area contributed by atoms with Gasteiger partial charge in [0.05, 0.1) is 21.3 Å². The zero-order valence-corrected chi connectivity index (χ0v) is 21.6. The topological polar surface area (TPSA) is 113 Å². The van der Waals surface area contributed by atoms with Crippen LogP contribution in [0.15, 0.2) is 23.8 Å². The average molecular weight is 501 g/mol. The highest BCUT2D eigenvalue weighted by Gasteiger charge is 2.47. The number of fused-ring (bicyclic) bond motifs is 4. The van der Waals surface area contributed by atoms with Crippen molar-refractivity contribution in [3.63, 3.8) is 0 Å². The van der Waals surface area contributed by atoms with Crippen LogP contribution in [0.5, 0.6) is 34.5 Å². The number of rotatable bonds is 5. The number of hydrogen-bond donors (Lipinski definition) is 2. The van der Waals surface area contributed by atoms with Gasteiger partial charge < -0.3 is 38.6 Å². The highest BCUT2D eigenvalue weighted by atomic mass is 16.7. The quantitative estimate of drug-likeness (QED) is 0.458. The maximum Gasteiger partial charge on any atom is 0.334 e. The van der Waals surface area contributed by atoms with Crippen LogP contribution in [0.4, 0.5) is 0 Å². The van der Waals surface area contributed by atoms with Gasteiger partial charge in [-0.15, -0.1) is 0 Å². The maximum atomic E-state index is 12.9. The van der Waals surface area contributed by atoms with Crippen LogP contribution in [-0.2, 0) is 16.0 Å². The Morgan fingerprint density at radius 3 is 2.42 bits per heavy atom. The molecule has 0 aromatic heterocycles. The summed E-state index contributed by atoms with van der Waals surface area (Å²) in [5.74, 6) is 0.322. The summed E-state index contributed by atoms with van der Waals surface area (Å²) < 4.78 is 34.0. The van der Waals surface area contributed by atoms with Gasteiger partial charge in [-0.25, -0.2) is 4.79 Å². The third-order valence-corrected chi connectivity index (χ3v) is 7.15. The van der Waals surface area contributed by atoms with Crippen LogP contribution in [0.25, 0.3) is 11.1 Å². The molecule has 2 aromatic carbocycles. The zero-order chi connectivity index (χ0) is 26.4. The predicted molar refractivity (Wildman–Crippen MR) is 131 cm³/mol. The lowest BCUT2D eigenvalue weighted by atomic mass is 9.73. The van der Waals surface area contributed by atoms with Crippen LogP contribution in [0.2, 0.25) is 0 Å². The van der Waals surface area contributed by atoms with Crippen molar-refractivity contribution in [2.24, 2.45) is 5.92 Å². The number of allylic oxidation sites excluding steroid dienone is 1. The normalized spacial score (nSPS) is 22.6. The van der Waals surface area contributed by atoms with Gasteiger partial charge in [0.25, 0.3) is 0 Å². The molecule has 1 heterocycles. The molecule has 0 saturated carbocycles. The number of aromatic hydroxyl groups is 1. The zero-order valence-electron chi connectivity index (χ0n) is 21.6. The fourth-order valence-corrected chi connectivity index (χ4v) is 4.77. The minimum Gasteiger partial charge on any atom is -0.504 e. The number of carbonyl (C=O) groups is 1. The van der Waals surface area contributed by atoms with E-state index in [9.17, 15) is 15.0 Å². The van der Waals surface area contributed by atoms with Gasteiger partial charge in [-0.2, -0.15) is 0 Å². The molecule has 0 saturated heterocycles. The molecule has 194 valence electrons. The standard InChI is InChI=1S/C27H32O9/c1-8-13(2)26(29)36-25-16-11-17(31-5)22(32-6)21(28)20(16)19-15(9-14(3)27(25,4)30)10-18-23(24(19)33-7)35-12-34-18/h8,10-11,14,25,28,30H,9,12H2,1-7H3/b13-8-/t14-,25+,27-/m1/s1. The minimum atomic E-state index is -1.54. The molecular formula is C27H32O9. The van der Waals surface area contributed by atoms with Gasteiger partial charge in [0.2, 0.25) is 18.3 Å². The number of phenols is 1. The minimum absolute atomic E-state index is 0.0233. The summed E-state index contributed by atoms with van der Waals surface area (Å²) in [6, 6.07) is 3.43. The lowest BCUT2D eigenvalue weighted by Gasteiger charge is -2.41. The Labute approximate surface area is 210 Å². The molecule has 4 rings (SSSR count). The first-order chi connectivity index (χ1) is 17.1. The molecule has 0 spiro atoms. The van der Waals surface area contributed by atoms with Gasteiger partial charge in [0, 0.05) is 22.3 Å². The van der Waals surface area contributed by atoms with Crippen molar-refractivity contribution < 1.29 is 43.4 Å². The maximum absolute atomic E-state index is 12.9. The van der Waals surface area contributed by atoms with Crippen molar-refractivity contribution >= 4 is 5.97 Å². The smallest absolute Gasteiger partial charge is 0.334 e. The molecule has 0 bridgehead atoms. The Balaban J connectivity index is 2.14. The molecule has 0 fully saturated rings. The SMILES string of the molecule is C/C=C(/C)C(=O)O[C@H]1c2cc(OC)c(OC)c(O)c2-c2c(cc3c(c2OC)OCO3)C[C@@H](C)[C@@]1(C)O. The molecule has 1 aliphatic carbocycles. The highest BCUT2D eigenvalue weighted by Crippen LogP contribution is 2.58. The second kappa shape index (κ2) is 9.46. The summed E-state index contributed by atoms with van der Waals surface area (Å²) >= 11 is 0.